The molecule has 2 N–H and O–H groups in total. The fraction of sp³-hybridized carbons (Fsp3) is 0.786. The van der Waals surface area contributed by atoms with E-state index >= 15 is 0 Å². The normalized spacial score (nSPS) is 27.1. The molecule has 0 bridgehead atoms. The highest BCUT2D eigenvalue weighted by Gasteiger charge is 2.25. The van der Waals surface area contributed by atoms with Gasteiger partial charge in [0, 0.05) is 19.1 Å². The topological polar surface area (TPSA) is 71.8 Å². The van der Waals surface area contributed by atoms with Crippen molar-refractivity contribution in [2.45, 2.75) is 51.1 Å². The molecule has 2 fully saturated rings. The Morgan fingerprint density at radius 3 is 3.05 bits per heavy atom. The van der Waals surface area contributed by atoms with Crippen LogP contribution in [0.4, 0.5) is 0 Å². The highest BCUT2D eigenvalue weighted by Crippen LogP contribution is 2.26. The van der Waals surface area contributed by atoms with E-state index in [4.69, 9.17) is 0 Å². The first-order valence-corrected chi connectivity index (χ1v) is 7.69. The van der Waals surface area contributed by atoms with Crippen LogP contribution in [0.2, 0.25) is 0 Å². The van der Waals surface area contributed by atoms with Crippen LogP contribution >= 0.6 is 0 Å². The molecular formula is C14H23N5O. The van der Waals surface area contributed by atoms with Crippen LogP contribution in [-0.2, 0) is 0 Å². The minimum atomic E-state index is -0.0784. The van der Waals surface area contributed by atoms with Crippen molar-refractivity contribution in [1.82, 2.24) is 25.6 Å². The third-order valence-corrected chi connectivity index (χ3v) is 4.57. The zero-order chi connectivity index (χ0) is 13.9. The van der Waals surface area contributed by atoms with Gasteiger partial charge in [-0.1, -0.05) is 31.4 Å². The SMILES string of the molecule is CCC1CCCC(NC(=O)c2cn(C3CNC3)nn2)C1. The van der Waals surface area contributed by atoms with E-state index < -0.39 is 0 Å². The molecule has 0 spiro atoms. The molecule has 110 valence electrons. The summed E-state index contributed by atoms with van der Waals surface area (Å²) < 4.78 is 1.79. The molecule has 20 heavy (non-hydrogen) atoms. The van der Waals surface area contributed by atoms with Crippen LogP contribution in [0.5, 0.6) is 0 Å². The minimum Gasteiger partial charge on any atom is -0.348 e. The van der Waals surface area contributed by atoms with Gasteiger partial charge in [0.25, 0.3) is 5.91 Å². The Kier molecular flexibility index (Phi) is 4.00. The third-order valence-electron chi connectivity index (χ3n) is 4.57. The van der Waals surface area contributed by atoms with E-state index in [0.717, 1.165) is 31.8 Å². The largest absolute Gasteiger partial charge is 0.348 e. The number of carbonyl (C=O) groups excluding carboxylic acids is 1. The summed E-state index contributed by atoms with van der Waals surface area (Å²) in [6.07, 6.45) is 7.67. The number of nitrogens with zero attached hydrogens (tertiary/aromatic N) is 3. The number of rotatable bonds is 4. The summed E-state index contributed by atoms with van der Waals surface area (Å²) in [5.74, 6) is 0.677. The van der Waals surface area contributed by atoms with Crippen molar-refractivity contribution in [2.24, 2.45) is 5.92 Å². The van der Waals surface area contributed by atoms with Gasteiger partial charge >= 0.3 is 0 Å². The molecule has 6 nitrogen and oxygen atoms in total. The quantitative estimate of drug-likeness (QED) is 0.865. The predicted molar refractivity (Wildman–Crippen MR) is 75.4 cm³/mol. The second kappa shape index (κ2) is 5.91. The molecule has 1 amide bonds. The molecule has 1 saturated carbocycles. The van der Waals surface area contributed by atoms with Gasteiger partial charge in [-0.25, -0.2) is 4.68 Å². The van der Waals surface area contributed by atoms with E-state index in [1.165, 1.54) is 19.3 Å². The van der Waals surface area contributed by atoms with E-state index in [1.54, 1.807) is 10.9 Å². The van der Waals surface area contributed by atoms with E-state index in [2.05, 4.69) is 27.9 Å². The molecule has 1 aliphatic heterocycles. The van der Waals surface area contributed by atoms with Gasteiger partial charge in [0.05, 0.1) is 12.2 Å². The third kappa shape index (κ3) is 2.85. The van der Waals surface area contributed by atoms with Crippen molar-refractivity contribution < 1.29 is 4.79 Å². The Morgan fingerprint density at radius 1 is 1.50 bits per heavy atom. The Hall–Kier alpha value is -1.43. The molecule has 2 atom stereocenters. The van der Waals surface area contributed by atoms with Crippen molar-refractivity contribution in [1.29, 1.82) is 0 Å². The van der Waals surface area contributed by atoms with Gasteiger partial charge in [0.15, 0.2) is 5.69 Å². The van der Waals surface area contributed by atoms with Gasteiger partial charge < -0.3 is 10.6 Å². The predicted octanol–water partition coefficient (Wildman–Crippen LogP) is 1.12. The summed E-state index contributed by atoms with van der Waals surface area (Å²) in [5.41, 5.74) is 0.440. The number of hydrogen-bond acceptors (Lipinski definition) is 4. The van der Waals surface area contributed by atoms with Gasteiger partial charge in [-0.3, -0.25) is 4.79 Å². The molecule has 0 radical (unpaired) electrons. The highest BCUT2D eigenvalue weighted by atomic mass is 16.2. The maximum atomic E-state index is 12.2. The smallest absolute Gasteiger partial charge is 0.273 e. The van der Waals surface area contributed by atoms with E-state index in [1.807, 2.05) is 0 Å². The Bertz CT molecular complexity index is 468. The van der Waals surface area contributed by atoms with Crippen molar-refractivity contribution in [3.63, 3.8) is 0 Å². The lowest BCUT2D eigenvalue weighted by Crippen LogP contribution is -2.43. The van der Waals surface area contributed by atoms with Crippen molar-refractivity contribution in [3.05, 3.63) is 11.9 Å². The van der Waals surface area contributed by atoms with Crippen molar-refractivity contribution in [2.75, 3.05) is 13.1 Å². The van der Waals surface area contributed by atoms with Crippen LogP contribution < -0.4 is 10.6 Å². The summed E-state index contributed by atoms with van der Waals surface area (Å²) in [6.45, 7) is 4.05. The number of amides is 1. The monoisotopic (exact) mass is 277 g/mol. The van der Waals surface area contributed by atoms with Gasteiger partial charge in [0.2, 0.25) is 0 Å². The second-order valence-electron chi connectivity index (χ2n) is 6.01. The van der Waals surface area contributed by atoms with Gasteiger partial charge in [-0.15, -0.1) is 5.10 Å². The molecule has 1 aromatic heterocycles. The molecule has 2 heterocycles. The first-order chi connectivity index (χ1) is 9.76. The van der Waals surface area contributed by atoms with Crippen molar-refractivity contribution >= 4 is 5.91 Å². The first kappa shape index (κ1) is 13.5. The van der Waals surface area contributed by atoms with Crippen LogP contribution in [0.1, 0.15) is 55.6 Å². The summed E-state index contributed by atoms with van der Waals surface area (Å²) in [6, 6.07) is 0.653. The average molecular weight is 277 g/mol. The molecule has 2 aliphatic rings. The molecule has 2 unspecified atom stereocenters. The summed E-state index contributed by atoms with van der Waals surface area (Å²) in [5, 5.41) is 14.3. The van der Waals surface area contributed by atoms with Gasteiger partial charge in [-0.05, 0) is 18.8 Å². The molecular weight excluding hydrogens is 254 g/mol. The fourth-order valence-electron chi connectivity index (χ4n) is 3.07. The second-order valence-corrected chi connectivity index (χ2v) is 6.01. The summed E-state index contributed by atoms with van der Waals surface area (Å²) >= 11 is 0. The number of nitrogens with one attached hydrogen (secondary N) is 2. The van der Waals surface area contributed by atoms with Crippen molar-refractivity contribution in [3.8, 4) is 0 Å². The first-order valence-electron chi connectivity index (χ1n) is 7.69. The molecule has 1 aliphatic carbocycles. The number of hydrogen-bond donors (Lipinski definition) is 2. The highest BCUT2D eigenvalue weighted by molar-refractivity contribution is 5.92. The lowest BCUT2D eigenvalue weighted by molar-refractivity contribution is 0.0914. The van der Waals surface area contributed by atoms with Crippen LogP contribution in [0.25, 0.3) is 0 Å². The van der Waals surface area contributed by atoms with Crippen LogP contribution in [0.3, 0.4) is 0 Å². The Labute approximate surface area is 119 Å². The molecule has 1 saturated heterocycles. The van der Waals surface area contributed by atoms with E-state index in [9.17, 15) is 4.79 Å². The van der Waals surface area contributed by atoms with Crippen LogP contribution in [-0.4, -0.2) is 40.0 Å². The van der Waals surface area contributed by atoms with Gasteiger partial charge in [-0.2, -0.15) is 0 Å². The Balaban J connectivity index is 1.56. The lowest BCUT2D eigenvalue weighted by atomic mass is 9.84. The van der Waals surface area contributed by atoms with E-state index in [0.29, 0.717) is 17.8 Å². The maximum absolute atomic E-state index is 12.2. The number of carbonyl (C=O) groups is 1. The van der Waals surface area contributed by atoms with E-state index in [-0.39, 0.29) is 5.91 Å². The standard InChI is InChI=1S/C14H23N5O/c1-2-10-4-3-5-11(6-10)16-14(20)13-9-19(18-17-13)12-7-15-8-12/h9-12,15H,2-8H2,1H3,(H,16,20). The summed E-state index contributed by atoms with van der Waals surface area (Å²) in [7, 11) is 0. The van der Waals surface area contributed by atoms with Gasteiger partial charge in [0.1, 0.15) is 0 Å². The molecule has 3 rings (SSSR count). The lowest BCUT2D eigenvalue weighted by Gasteiger charge is -2.28. The Morgan fingerprint density at radius 2 is 2.35 bits per heavy atom. The number of aromatic nitrogens is 3. The maximum Gasteiger partial charge on any atom is 0.273 e. The molecule has 0 aromatic carbocycles. The summed E-state index contributed by atoms with van der Waals surface area (Å²) in [4.78, 5) is 12.2. The zero-order valence-corrected chi connectivity index (χ0v) is 12.0. The van der Waals surface area contributed by atoms with Crippen LogP contribution in [0.15, 0.2) is 6.20 Å². The fourth-order valence-corrected chi connectivity index (χ4v) is 3.07. The molecule has 1 aromatic rings. The zero-order valence-electron chi connectivity index (χ0n) is 12.0. The average Bonchev–Trinajstić information content (AvgIpc) is 2.86. The van der Waals surface area contributed by atoms with Crippen LogP contribution in [0, 0.1) is 5.92 Å². The minimum absolute atomic E-state index is 0.0784. The molecule has 6 heteroatoms.